The minimum Gasteiger partial charge on any atom is -0.386 e. The van der Waals surface area contributed by atoms with Crippen LogP contribution < -0.4 is 4.90 Å². The third-order valence-electron chi connectivity index (χ3n) is 3.92. The van der Waals surface area contributed by atoms with Crippen molar-refractivity contribution < 1.29 is 5.11 Å². The Bertz CT molecular complexity index is 693. The van der Waals surface area contributed by atoms with Crippen LogP contribution in [0, 0.1) is 18.3 Å². The number of aryl methyl sites for hydroxylation is 1. The summed E-state index contributed by atoms with van der Waals surface area (Å²) in [7, 11) is 0. The Kier molecular flexibility index (Phi) is 3.77. The molecule has 0 amide bonds. The summed E-state index contributed by atoms with van der Waals surface area (Å²) < 4.78 is 1.64. The molecule has 0 radical (unpaired) electrons. The first-order valence-electron chi connectivity index (χ1n) is 7.29. The minimum atomic E-state index is -0.899. The average molecular weight is 298 g/mol. The van der Waals surface area contributed by atoms with Crippen molar-refractivity contribution in [1.29, 1.82) is 5.26 Å². The average Bonchev–Trinajstić information content (AvgIpc) is 2.99. The van der Waals surface area contributed by atoms with Gasteiger partial charge in [-0.15, -0.1) is 5.10 Å². The predicted molar refractivity (Wildman–Crippen MR) is 80.1 cm³/mol. The first-order valence-corrected chi connectivity index (χ1v) is 7.29. The number of anilines is 1. The summed E-state index contributed by atoms with van der Waals surface area (Å²) in [5.41, 5.74) is 0.499. The second-order valence-corrected chi connectivity index (χ2v) is 5.79. The largest absolute Gasteiger partial charge is 0.386 e. The van der Waals surface area contributed by atoms with Crippen LogP contribution in [0.3, 0.4) is 0 Å². The van der Waals surface area contributed by atoms with Gasteiger partial charge in [0.1, 0.15) is 17.5 Å². The fourth-order valence-corrected chi connectivity index (χ4v) is 2.91. The standard InChI is InChI=1S/C15H18N6O/c1-12-3-4-13(9-16)14(18-12)20-7-2-5-15(22,10-20)11-21-8-6-17-19-21/h3-4,6,8,22H,2,5,7,10-11H2,1H3. The quantitative estimate of drug-likeness (QED) is 0.904. The summed E-state index contributed by atoms with van der Waals surface area (Å²) in [6.07, 6.45) is 4.87. The Morgan fingerprint density at radius 3 is 3.05 bits per heavy atom. The van der Waals surface area contributed by atoms with Crippen molar-refractivity contribution in [1.82, 2.24) is 20.0 Å². The molecule has 1 fully saturated rings. The summed E-state index contributed by atoms with van der Waals surface area (Å²) in [5, 5.41) is 27.8. The monoisotopic (exact) mass is 298 g/mol. The van der Waals surface area contributed by atoms with Gasteiger partial charge in [-0.25, -0.2) is 9.67 Å². The number of hydrogen-bond acceptors (Lipinski definition) is 6. The van der Waals surface area contributed by atoms with Gasteiger partial charge in [0.15, 0.2) is 0 Å². The van der Waals surface area contributed by atoms with Gasteiger partial charge in [-0.3, -0.25) is 0 Å². The molecule has 0 aromatic carbocycles. The molecule has 1 aliphatic heterocycles. The molecule has 0 spiro atoms. The summed E-state index contributed by atoms with van der Waals surface area (Å²) in [6.45, 7) is 3.50. The van der Waals surface area contributed by atoms with Gasteiger partial charge >= 0.3 is 0 Å². The van der Waals surface area contributed by atoms with Crippen LogP contribution in [0.2, 0.25) is 0 Å². The second-order valence-electron chi connectivity index (χ2n) is 5.79. The van der Waals surface area contributed by atoms with Crippen LogP contribution in [0.25, 0.3) is 0 Å². The van der Waals surface area contributed by atoms with Crippen molar-refractivity contribution in [2.75, 3.05) is 18.0 Å². The summed E-state index contributed by atoms with van der Waals surface area (Å²) in [6, 6.07) is 5.79. The maximum atomic E-state index is 10.9. The van der Waals surface area contributed by atoms with Crippen molar-refractivity contribution in [3.05, 3.63) is 35.8 Å². The van der Waals surface area contributed by atoms with E-state index in [0.717, 1.165) is 18.7 Å². The van der Waals surface area contributed by atoms with E-state index in [0.29, 0.717) is 30.9 Å². The van der Waals surface area contributed by atoms with Crippen LogP contribution in [0.15, 0.2) is 24.5 Å². The van der Waals surface area contributed by atoms with E-state index in [1.807, 2.05) is 17.9 Å². The number of nitrogens with zero attached hydrogens (tertiary/aromatic N) is 6. The molecular weight excluding hydrogens is 280 g/mol. The van der Waals surface area contributed by atoms with Crippen molar-refractivity contribution in [3.63, 3.8) is 0 Å². The molecule has 0 saturated carbocycles. The number of nitriles is 1. The van der Waals surface area contributed by atoms with Gasteiger partial charge in [-0.1, -0.05) is 5.21 Å². The zero-order valence-electron chi connectivity index (χ0n) is 12.5. The second kappa shape index (κ2) is 5.73. The fraction of sp³-hybridized carbons (Fsp3) is 0.467. The highest BCUT2D eigenvalue weighted by Crippen LogP contribution is 2.28. The molecule has 1 saturated heterocycles. The smallest absolute Gasteiger partial charge is 0.146 e. The van der Waals surface area contributed by atoms with Gasteiger partial charge in [0, 0.05) is 25.0 Å². The molecule has 0 bridgehead atoms. The number of aromatic nitrogens is 4. The number of pyridine rings is 1. The van der Waals surface area contributed by atoms with E-state index in [-0.39, 0.29) is 0 Å². The lowest BCUT2D eigenvalue weighted by Crippen LogP contribution is -2.51. The predicted octanol–water partition coefficient (Wildman–Crippen LogP) is 0.885. The lowest BCUT2D eigenvalue weighted by molar-refractivity contribution is 0.00584. The number of rotatable bonds is 3. The third-order valence-corrected chi connectivity index (χ3v) is 3.92. The normalized spacial score (nSPS) is 21.6. The molecule has 114 valence electrons. The number of β-amino-alcohol motifs (C(OH)–C–C–N with tert-alkyl or cyclic N) is 1. The van der Waals surface area contributed by atoms with Gasteiger partial charge in [-0.2, -0.15) is 5.26 Å². The molecular formula is C15H18N6O. The Balaban J connectivity index is 1.84. The van der Waals surface area contributed by atoms with Crippen LogP contribution in [-0.4, -0.2) is 43.8 Å². The Morgan fingerprint density at radius 2 is 2.32 bits per heavy atom. The Morgan fingerprint density at radius 1 is 1.45 bits per heavy atom. The number of piperidine rings is 1. The van der Waals surface area contributed by atoms with Gasteiger partial charge < -0.3 is 10.0 Å². The van der Waals surface area contributed by atoms with Crippen LogP contribution >= 0.6 is 0 Å². The molecule has 1 unspecified atom stereocenters. The molecule has 7 nitrogen and oxygen atoms in total. The van der Waals surface area contributed by atoms with Crippen molar-refractivity contribution >= 4 is 5.82 Å². The highest BCUT2D eigenvalue weighted by Gasteiger charge is 2.35. The van der Waals surface area contributed by atoms with E-state index in [4.69, 9.17) is 0 Å². The summed E-state index contributed by atoms with van der Waals surface area (Å²) >= 11 is 0. The number of hydrogen-bond donors (Lipinski definition) is 1. The molecule has 1 aliphatic rings. The molecule has 2 aromatic rings. The van der Waals surface area contributed by atoms with E-state index in [1.54, 1.807) is 23.1 Å². The highest BCUT2D eigenvalue weighted by molar-refractivity contribution is 5.54. The number of aliphatic hydroxyl groups is 1. The lowest BCUT2D eigenvalue weighted by Gasteiger charge is -2.39. The molecule has 1 atom stereocenters. The van der Waals surface area contributed by atoms with E-state index >= 15 is 0 Å². The van der Waals surface area contributed by atoms with E-state index in [1.165, 1.54) is 0 Å². The van der Waals surface area contributed by atoms with Crippen molar-refractivity contribution in [3.8, 4) is 6.07 Å². The highest BCUT2D eigenvalue weighted by atomic mass is 16.3. The van der Waals surface area contributed by atoms with E-state index in [2.05, 4.69) is 21.4 Å². The fourth-order valence-electron chi connectivity index (χ4n) is 2.91. The molecule has 2 aromatic heterocycles. The van der Waals surface area contributed by atoms with E-state index < -0.39 is 5.60 Å². The first kappa shape index (κ1) is 14.5. The molecule has 1 N–H and O–H groups in total. The maximum absolute atomic E-state index is 10.9. The third kappa shape index (κ3) is 2.92. The van der Waals surface area contributed by atoms with Crippen LogP contribution in [0.5, 0.6) is 0 Å². The molecule has 0 aliphatic carbocycles. The van der Waals surface area contributed by atoms with Crippen LogP contribution in [0.1, 0.15) is 24.1 Å². The summed E-state index contributed by atoms with van der Waals surface area (Å²) in [4.78, 5) is 6.48. The SMILES string of the molecule is Cc1ccc(C#N)c(N2CCCC(O)(Cn3ccnn3)C2)n1. The first-order chi connectivity index (χ1) is 10.6. The van der Waals surface area contributed by atoms with Gasteiger partial charge in [0.05, 0.1) is 18.3 Å². The van der Waals surface area contributed by atoms with Gasteiger partial charge in [0.2, 0.25) is 0 Å². The summed E-state index contributed by atoms with van der Waals surface area (Å²) in [5.74, 6) is 0.652. The van der Waals surface area contributed by atoms with Gasteiger partial charge in [0.25, 0.3) is 0 Å². The molecule has 3 rings (SSSR count). The Labute approximate surface area is 128 Å². The lowest BCUT2D eigenvalue weighted by atomic mass is 9.92. The van der Waals surface area contributed by atoms with Crippen molar-refractivity contribution in [2.24, 2.45) is 0 Å². The zero-order valence-corrected chi connectivity index (χ0v) is 12.5. The minimum absolute atomic E-state index is 0.386. The Hall–Kier alpha value is -2.46. The molecule has 22 heavy (non-hydrogen) atoms. The maximum Gasteiger partial charge on any atom is 0.146 e. The topological polar surface area (TPSA) is 90.9 Å². The van der Waals surface area contributed by atoms with Crippen molar-refractivity contribution in [2.45, 2.75) is 31.9 Å². The molecule has 3 heterocycles. The van der Waals surface area contributed by atoms with Crippen LogP contribution in [0.4, 0.5) is 5.82 Å². The molecule has 7 heteroatoms. The van der Waals surface area contributed by atoms with Crippen LogP contribution in [-0.2, 0) is 6.54 Å². The van der Waals surface area contributed by atoms with E-state index in [9.17, 15) is 10.4 Å². The van der Waals surface area contributed by atoms with Gasteiger partial charge in [-0.05, 0) is 31.9 Å². The zero-order chi connectivity index (χ0) is 15.6.